The maximum absolute atomic E-state index is 3.53. The molecule has 1 rings (SSSR count). The third-order valence-electron chi connectivity index (χ3n) is 3.60. The van der Waals surface area contributed by atoms with Gasteiger partial charge >= 0.3 is 0 Å². The third kappa shape index (κ3) is 7.41. The Morgan fingerprint density at radius 2 is 2.00 bits per heavy atom. The van der Waals surface area contributed by atoms with Crippen LogP contribution in [0.4, 0.5) is 0 Å². The Hall–Kier alpha value is -0.380. The molecule has 3 heteroatoms. The van der Waals surface area contributed by atoms with Gasteiger partial charge in [0.25, 0.3) is 0 Å². The Bertz CT molecular complexity index is 379. The highest BCUT2D eigenvalue weighted by molar-refractivity contribution is 9.10. The first kappa shape index (κ1) is 17.7. The van der Waals surface area contributed by atoms with E-state index >= 15 is 0 Å². The zero-order valence-corrected chi connectivity index (χ0v) is 14.9. The van der Waals surface area contributed by atoms with Crippen molar-refractivity contribution in [2.45, 2.75) is 46.2 Å². The molecule has 1 N–H and O–H groups in total. The van der Waals surface area contributed by atoms with E-state index in [9.17, 15) is 0 Å². The normalized spacial score (nSPS) is 13.2. The quantitative estimate of drug-likeness (QED) is 0.674. The van der Waals surface area contributed by atoms with Gasteiger partial charge in [-0.1, -0.05) is 41.9 Å². The van der Waals surface area contributed by atoms with E-state index in [4.69, 9.17) is 0 Å². The van der Waals surface area contributed by atoms with Crippen molar-refractivity contribution in [3.05, 3.63) is 34.3 Å². The lowest BCUT2D eigenvalue weighted by Gasteiger charge is -2.25. The maximum Gasteiger partial charge on any atom is 0.0233 e. The lowest BCUT2D eigenvalue weighted by atomic mass is 10.1. The van der Waals surface area contributed by atoms with Crippen molar-refractivity contribution < 1.29 is 0 Å². The predicted octanol–water partition coefficient (Wildman–Crippen LogP) is 4.30. The van der Waals surface area contributed by atoms with Crippen LogP contribution in [-0.4, -0.2) is 31.1 Å². The van der Waals surface area contributed by atoms with Gasteiger partial charge in [-0.25, -0.2) is 0 Å². The smallest absolute Gasteiger partial charge is 0.0233 e. The fraction of sp³-hybridized carbons (Fsp3) is 0.647. The fourth-order valence-electron chi connectivity index (χ4n) is 2.21. The van der Waals surface area contributed by atoms with Crippen molar-refractivity contribution >= 4 is 15.9 Å². The van der Waals surface area contributed by atoms with Crippen molar-refractivity contribution in [3.63, 3.8) is 0 Å². The summed E-state index contributed by atoms with van der Waals surface area (Å²) < 4.78 is 1.16. The summed E-state index contributed by atoms with van der Waals surface area (Å²) in [6, 6.07) is 9.20. The Morgan fingerprint density at radius 1 is 1.25 bits per heavy atom. The lowest BCUT2D eigenvalue weighted by molar-refractivity contribution is 0.234. The molecule has 0 fully saturated rings. The minimum Gasteiger partial charge on any atom is -0.316 e. The summed E-state index contributed by atoms with van der Waals surface area (Å²) in [4.78, 5) is 2.43. The standard InChI is InChI=1S/C17H29BrN2/c1-14(2)12-19-10-6-7-15(3)20(4)13-16-8-5-9-17(18)11-16/h5,8-9,11,14-15,19H,6-7,10,12-13H2,1-4H3. The second-order valence-electron chi connectivity index (χ2n) is 6.13. The Morgan fingerprint density at radius 3 is 2.65 bits per heavy atom. The lowest BCUT2D eigenvalue weighted by Crippen LogP contribution is -2.30. The van der Waals surface area contributed by atoms with Crippen LogP contribution in [-0.2, 0) is 6.54 Å². The molecule has 114 valence electrons. The summed E-state index contributed by atoms with van der Waals surface area (Å²) in [7, 11) is 2.22. The second kappa shape index (κ2) is 9.54. The molecular weight excluding hydrogens is 312 g/mol. The topological polar surface area (TPSA) is 15.3 Å². The van der Waals surface area contributed by atoms with Crippen LogP contribution in [0.25, 0.3) is 0 Å². The molecule has 0 spiro atoms. The van der Waals surface area contributed by atoms with Crippen LogP contribution >= 0.6 is 15.9 Å². The van der Waals surface area contributed by atoms with Crippen LogP contribution in [0.1, 0.15) is 39.2 Å². The highest BCUT2D eigenvalue weighted by atomic mass is 79.9. The SMILES string of the molecule is CC(C)CNCCCC(C)N(C)Cc1cccc(Br)c1. The molecule has 0 saturated carbocycles. The first-order valence-electron chi connectivity index (χ1n) is 7.64. The van der Waals surface area contributed by atoms with Crippen molar-refractivity contribution in [1.82, 2.24) is 10.2 Å². The monoisotopic (exact) mass is 340 g/mol. The summed E-state index contributed by atoms with van der Waals surface area (Å²) in [6.07, 6.45) is 2.49. The van der Waals surface area contributed by atoms with E-state index in [1.807, 2.05) is 0 Å². The average Bonchev–Trinajstić information content (AvgIpc) is 2.37. The maximum atomic E-state index is 3.53. The van der Waals surface area contributed by atoms with Gasteiger partial charge in [0.15, 0.2) is 0 Å². The molecule has 0 aliphatic carbocycles. The van der Waals surface area contributed by atoms with E-state index in [1.54, 1.807) is 0 Å². The number of halogens is 1. The van der Waals surface area contributed by atoms with Gasteiger partial charge in [-0.15, -0.1) is 0 Å². The number of nitrogens with one attached hydrogen (secondary N) is 1. The highest BCUT2D eigenvalue weighted by Gasteiger charge is 2.09. The molecule has 0 aliphatic rings. The molecule has 2 nitrogen and oxygen atoms in total. The van der Waals surface area contributed by atoms with E-state index in [2.05, 4.69) is 78.2 Å². The molecule has 0 aromatic heterocycles. The van der Waals surface area contributed by atoms with Crippen molar-refractivity contribution in [2.24, 2.45) is 5.92 Å². The molecule has 1 aromatic rings. The van der Waals surface area contributed by atoms with Gasteiger partial charge in [-0.05, 0) is 63.5 Å². The molecule has 0 radical (unpaired) electrons. The third-order valence-corrected chi connectivity index (χ3v) is 4.09. The molecule has 0 bridgehead atoms. The van der Waals surface area contributed by atoms with Gasteiger partial charge in [0.05, 0.1) is 0 Å². The van der Waals surface area contributed by atoms with Crippen molar-refractivity contribution in [3.8, 4) is 0 Å². The summed E-state index contributed by atoms with van der Waals surface area (Å²) in [5.41, 5.74) is 1.37. The highest BCUT2D eigenvalue weighted by Crippen LogP contribution is 2.15. The summed E-state index contributed by atoms with van der Waals surface area (Å²) >= 11 is 3.53. The Kier molecular flexibility index (Phi) is 8.43. The molecule has 0 heterocycles. The number of hydrogen-bond donors (Lipinski definition) is 1. The number of hydrogen-bond acceptors (Lipinski definition) is 2. The number of benzene rings is 1. The first-order valence-corrected chi connectivity index (χ1v) is 8.43. The molecule has 0 aliphatic heterocycles. The Balaban J connectivity index is 2.23. The predicted molar refractivity (Wildman–Crippen MR) is 92.0 cm³/mol. The Labute approximate surface area is 133 Å². The zero-order valence-electron chi connectivity index (χ0n) is 13.3. The summed E-state index contributed by atoms with van der Waals surface area (Å²) in [5, 5.41) is 3.51. The van der Waals surface area contributed by atoms with Crippen LogP contribution in [0.5, 0.6) is 0 Å². The van der Waals surface area contributed by atoms with Crippen LogP contribution in [0, 0.1) is 5.92 Å². The first-order chi connectivity index (χ1) is 9.49. The number of nitrogens with zero attached hydrogens (tertiary/aromatic N) is 1. The van der Waals surface area contributed by atoms with Crippen molar-refractivity contribution in [1.29, 1.82) is 0 Å². The van der Waals surface area contributed by atoms with Crippen LogP contribution < -0.4 is 5.32 Å². The molecule has 20 heavy (non-hydrogen) atoms. The van der Waals surface area contributed by atoms with Crippen LogP contribution in [0.3, 0.4) is 0 Å². The second-order valence-corrected chi connectivity index (χ2v) is 7.05. The fourth-order valence-corrected chi connectivity index (χ4v) is 2.66. The van der Waals surface area contributed by atoms with Crippen LogP contribution in [0.2, 0.25) is 0 Å². The van der Waals surface area contributed by atoms with E-state index < -0.39 is 0 Å². The van der Waals surface area contributed by atoms with Crippen molar-refractivity contribution in [2.75, 3.05) is 20.1 Å². The van der Waals surface area contributed by atoms with E-state index in [1.165, 1.54) is 18.4 Å². The average molecular weight is 341 g/mol. The van der Waals surface area contributed by atoms with Gasteiger partial charge in [-0.2, -0.15) is 0 Å². The summed E-state index contributed by atoms with van der Waals surface area (Å²) in [5.74, 6) is 0.742. The molecule has 0 saturated heterocycles. The van der Waals surface area contributed by atoms with Crippen LogP contribution in [0.15, 0.2) is 28.7 Å². The molecule has 1 unspecified atom stereocenters. The van der Waals surface area contributed by atoms with Gasteiger partial charge < -0.3 is 5.32 Å². The minimum absolute atomic E-state index is 0.620. The minimum atomic E-state index is 0.620. The van der Waals surface area contributed by atoms with Gasteiger partial charge in [0.1, 0.15) is 0 Å². The molecule has 1 aromatic carbocycles. The zero-order chi connectivity index (χ0) is 15.0. The molecular formula is C17H29BrN2. The number of rotatable bonds is 9. The molecule has 0 amide bonds. The van der Waals surface area contributed by atoms with E-state index in [0.717, 1.165) is 30.0 Å². The van der Waals surface area contributed by atoms with Gasteiger partial charge in [0, 0.05) is 17.1 Å². The molecule has 1 atom stereocenters. The van der Waals surface area contributed by atoms with Gasteiger partial charge in [0.2, 0.25) is 0 Å². The van der Waals surface area contributed by atoms with Gasteiger partial charge in [-0.3, -0.25) is 4.90 Å². The summed E-state index contributed by atoms with van der Waals surface area (Å²) in [6.45, 7) is 10.1. The largest absolute Gasteiger partial charge is 0.316 e. The van der Waals surface area contributed by atoms with E-state index in [-0.39, 0.29) is 0 Å². The van der Waals surface area contributed by atoms with E-state index in [0.29, 0.717) is 6.04 Å².